The van der Waals surface area contributed by atoms with E-state index in [1.165, 1.54) is 0 Å². The zero-order valence-electron chi connectivity index (χ0n) is 12.1. The van der Waals surface area contributed by atoms with Crippen LogP contribution in [0.5, 0.6) is 0 Å². The first kappa shape index (κ1) is 16.0. The Morgan fingerprint density at radius 2 is 1.90 bits per heavy atom. The number of rotatable bonds is 5. The summed E-state index contributed by atoms with van der Waals surface area (Å²) in [5.74, 6) is 0. The normalized spacial score (nSPS) is 13.3. The van der Waals surface area contributed by atoms with E-state index >= 15 is 0 Å². The summed E-state index contributed by atoms with van der Waals surface area (Å²) in [6, 6.07) is 7.14. The Hall–Kier alpha value is -1.37. The summed E-state index contributed by atoms with van der Waals surface area (Å²) in [6.45, 7) is 5.19. The number of hydrogen-bond donors (Lipinski definition) is 2. The van der Waals surface area contributed by atoms with Crippen LogP contribution in [0, 0.1) is 13.8 Å². The summed E-state index contributed by atoms with van der Waals surface area (Å²) < 4.78 is 27.5. The molecule has 0 saturated heterocycles. The third kappa shape index (κ3) is 3.84. The summed E-state index contributed by atoms with van der Waals surface area (Å²) >= 11 is 5.84. The van der Waals surface area contributed by atoms with Gasteiger partial charge in [-0.1, -0.05) is 23.7 Å². The molecule has 0 aliphatic heterocycles. The second kappa shape index (κ2) is 6.17. The van der Waals surface area contributed by atoms with Crippen LogP contribution in [0.4, 0.5) is 0 Å². The number of benzene rings is 1. The molecule has 2 N–H and O–H groups in total. The molecule has 1 atom stereocenters. The van der Waals surface area contributed by atoms with E-state index in [9.17, 15) is 8.42 Å². The van der Waals surface area contributed by atoms with Gasteiger partial charge in [0.05, 0.1) is 11.4 Å². The molecule has 1 heterocycles. The van der Waals surface area contributed by atoms with Crippen LogP contribution < -0.4 is 4.72 Å². The van der Waals surface area contributed by atoms with E-state index < -0.39 is 10.0 Å². The predicted molar refractivity (Wildman–Crippen MR) is 83.0 cm³/mol. The SMILES string of the molecule is Cc1n[nH]c(C)c1S(=O)(=O)NC(C)Cc1ccc(Cl)cc1. The zero-order chi connectivity index (χ0) is 15.6. The smallest absolute Gasteiger partial charge is 0.244 e. The molecule has 0 aliphatic carbocycles. The Kier molecular flexibility index (Phi) is 4.70. The fraction of sp³-hybridized carbons (Fsp3) is 0.357. The van der Waals surface area contributed by atoms with Gasteiger partial charge in [-0.05, 0) is 44.9 Å². The van der Waals surface area contributed by atoms with Crippen molar-refractivity contribution in [2.45, 2.75) is 38.1 Å². The molecular weight excluding hydrogens is 310 g/mol. The molecule has 1 aromatic carbocycles. The van der Waals surface area contributed by atoms with Crippen molar-refractivity contribution in [2.24, 2.45) is 0 Å². The molecule has 2 aromatic rings. The van der Waals surface area contributed by atoms with Gasteiger partial charge in [-0.2, -0.15) is 5.10 Å². The second-order valence-corrected chi connectivity index (χ2v) is 7.20. The first-order valence-corrected chi connectivity index (χ1v) is 8.44. The van der Waals surface area contributed by atoms with Crippen LogP contribution in [0.25, 0.3) is 0 Å². The largest absolute Gasteiger partial charge is 0.281 e. The summed E-state index contributed by atoms with van der Waals surface area (Å²) in [5.41, 5.74) is 2.03. The Balaban J connectivity index is 2.11. The number of nitrogens with zero attached hydrogens (tertiary/aromatic N) is 1. The number of nitrogens with one attached hydrogen (secondary N) is 2. The quantitative estimate of drug-likeness (QED) is 0.886. The first-order chi connectivity index (χ1) is 9.79. The topological polar surface area (TPSA) is 74.8 Å². The second-order valence-electron chi connectivity index (χ2n) is 5.12. The molecule has 0 spiro atoms. The maximum absolute atomic E-state index is 12.4. The maximum atomic E-state index is 12.4. The highest BCUT2D eigenvalue weighted by Gasteiger charge is 2.24. The standard InChI is InChI=1S/C14H18ClN3O2S/c1-9(8-12-4-6-13(15)7-5-12)18-21(19,20)14-10(2)16-17-11(14)3/h4-7,9,18H,8H2,1-3H3,(H,16,17). The number of aromatic amines is 1. The van der Waals surface area contributed by atoms with Gasteiger partial charge >= 0.3 is 0 Å². The van der Waals surface area contributed by atoms with Gasteiger partial charge in [-0.15, -0.1) is 0 Å². The van der Waals surface area contributed by atoms with Gasteiger partial charge in [-0.3, -0.25) is 5.10 Å². The minimum atomic E-state index is -3.58. The molecule has 1 aromatic heterocycles. The molecule has 1 unspecified atom stereocenters. The molecule has 0 bridgehead atoms. The van der Waals surface area contributed by atoms with Crippen LogP contribution >= 0.6 is 11.6 Å². The number of H-pyrrole nitrogens is 1. The highest BCUT2D eigenvalue weighted by Crippen LogP contribution is 2.17. The van der Waals surface area contributed by atoms with Crippen molar-refractivity contribution in [3.8, 4) is 0 Å². The summed E-state index contributed by atoms with van der Waals surface area (Å²) in [6.07, 6.45) is 0.590. The number of sulfonamides is 1. The van der Waals surface area contributed by atoms with Crippen molar-refractivity contribution < 1.29 is 8.42 Å². The molecule has 7 heteroatoms. The minimum absolute atomic E-state index is 0.227. The molecule has 2 rings (SSSR count). The van der Waals surface area contributed by atoms with Crippen LogP contribution in [0.3, 0.4) is 0 Å². The van der Waals surface area contributed by atoms with Crippen LogP contribution in [-0.4, -0.2) is 24.7 Å². The fourth-order valence-corrected chi connectivity index (χ4v) is 4.02. The Bertz CT molecular complexity index is 704. The van der Waals surface area contributed by atoms with E-state index in [0.717, 1.165) is 5.56 Å². The molecule has 0 fully saturated rings. The summed E-state index contributed by atoms with van der Waals surface area (Å²) in [7, 11) is -3.58. The fourth-order valence-electron chi connectivity index (χ4n) is 2.28. The lowest BCUT2D eigenvalue weighted by Gasteiger charge is -2.14. The van der Waals surface area contributed by atoms with Crippen molar-refractivity contribution >= 4 is 21.6 Å². The highest BCUT2D eigenvalue weighted by molar-refractivity contribution is 7.89. The molecule has 5 nitrogen and oxygen atoms in total. The lowest BCUT2D eigenvalue weighted by atomic mass is 10.1. The number of aryl methyl sites for hydroxylation is 2. The van der Waals surface area contributed by atoms with Gasteiger partial charge in [-0.25, -0.2) is 13.1 Å². The summed E-state index contributed by atoms with van der Waals surface area (Å²) in [5, 5.41) is 7.28. The maximum Gasteiger partial charge on any atom is 0.244 e. The third-order valence-electron chi connectivity index (χ3n) is 3.14. The van der Waals surface area contributed by atoms with Crippen LogP contribution in [0.1, 0.15) is 23.9 Å². The van der Waals surface area contributed by atoms with Crippen LogP contribution in [-0.2, 0) is 16.4 Å². The van der Waals surface area contributed by atoms with Gasteiger partial charge in [0.2, 0.25) is 10.0 Å². The Morgan fingerprint density at radius 1 is 1.29 bits per heavy atom. The van der Waals surface area contributed by atoms with Gasteiger partial charge in [0.25, 0.3) is 0 Å². The van der Waals surface area contributed by atoms with E-state index in [0.29, 0.717) is 22.8 Å². The third-order valence-corrected chi connectivity index (χ3v) is 5.24. The molecule has 0 saturated carbocycles. The lowest BCUT2D eigenvalue weighted by molar-refractivity contribution is 0.558. The van der Waals surface area contributed by atoms with Crippen molar-refractivity contribution in [1.29, 1.82) is 0 Å². The molecule has 0 aliphatic rings. The average molecular weight is 328 g/mol. The van der Waals surface area contributed by atoms with E-state index in [-0.39, 0.29) is 10.9 Å². The average Bonchev–Trinajstić information content (AvgIpc) is 2.71. The van der Waals surface area contributed by atoms with E-state index in [4.69, 9.17) is 11.6 Å². The van der Waals surface area contributed by atoms with E-state index in [1.54, 1.807) is 26.0 Å². The monoisotopic (exact) mass is 327 g/mol. The molecule has 0 radical (unpaired) electrons. The molecule has 21 heavy (non-hydrogen) atoms. The lowest BCUT2D eigenvalue weighted by Crippen LogP contribution is -2.34. The van der Waals surface area contributed by atoms with Gasteiger partial charge < -0.3 is 0 Å². The van der Waals surface area contributed by atoms with Crippen molar-refractivity contribution in [3.63, 3.8) is 0 Å². The van der Waals surface area contributed by atoms with Gasteiger partial charge in [0.15, 0.2) is 0 Å². The van der Waals surface area contributed by atoms with Gasteiger partial charge in [0.1, 0.15) is 4.90 Å². The van der Waals surface area contributed by atoms with Crippen molar-refractivity contribution in [2.75, 3.05) is 0 Å². The zero-order valence-corrected chi connectivity index (χ0v) is 13.7. The number of hydrogen-bond acceptors (Lipinski definition) is 3. The Labute approximate surface area is 129 Å². The van der Waals surface area contributed by atoms with Crippen LogP contribution in [0.2, 0.25) is 5.02 Å². The number of aromatic nitrogens is 2. The van der Waals surface area contributed by atoms with Crippen LogP contribution in [0.15, 0.2) is 29.2 Å². The predicted octanol–water partition coefficient (Wildman–Crippen LogP) is 2.59. The summed E-state index contributed by atoms with van der Waals surface area (Å²) in [4.78, 5) is 0.227. The molecular formula is C14H18ClN3O2S. The van der Waals surface area contributed by atoms with Gasteiger partial charge in [0, 0.05) is 11.1 Å². The van der Waals surface area contributed by atoms with Crippen molar-refractivity contribution in [1.82, 2.24) is 14.9 Å². The number of halogens is 1. The van der Waals surface area contributed by atoms with E-state index in [1.807, 2.05) is 19.1 Å². The highest BCUT2D eigenvalue weighted by atomic mass is 35.5. The minimum Gasteiger partial charge on any atom is -0.281 e. The Morgan fingerprint density at radius 3 is 2.43 bits per heavy atom. The van der Waals surface area contributed by atoms with Crippen molar-refractivity contribution in [3.05, 3.63) is 46.2 Å². The molecule has 114 valence electrons. The van der Waals surface area contributed by atoms with E-state index in [2.05, 4.69) is 14.9 Å². The molecule has 0 amide bonds. The first-order valence-electron chi connectivity index (χ1n) is 6.58.